The van der Waals surface area contributed by atoms with Crippen molar-refractivity contribution < 1.29 is 39.2 Å². The van der Waals surface area contributed by atoms with Gasteiger partial charge in [-0.1, -0.05) is 45.1 Å². The van der Waals surface area contributed by atoms with Gasteiger partial charge in [0, 0.05) is 36.4 Å². The fraction of sp³-hybridized carbons (Fsp3) is 0.455. The van der Waals surface area contributed by atoms with Gasteiger partial charge in [-0.25, -0.2) is 9.97 Å². The molecule has 0 atom stereocenters. The van der Waals surface area contributed by atoms with E-state index in [0.717, 1.165) is 40.4 Å². The van der Waals surface area contributed by atoms with Crippen molar-refractivity contribution in [3.63, 3.8) is 0 Å². The SMILES string of the molecule is CC1(C)CC(c2cnc(Cl)c(Cl)c2)=NO1.CSc1ncc(C2=NOC(C)(C)C2)cc1Cl.C[S-].[Na+]. The van der Waals surface area contributed by atoms with Gasteiger partial charge in [-0.15, -0.1) is 11.8 Å². The van der Waals surface area contributed by atoms with E-state index in [9.17, 15) is 0 Å². The third kappa shape index (κ3) is 9.04. The van der Waals surface area contributed by atoms with Gasteiger partial charge in [-0.3, -0.25) is 0 Å². The van der Waals surface area contributed by atoms with E-state index in [0.29, 0.717) is 15.2 Å². The van der Waals surface area contributed by atoms with Crippen molar-refractivity contribution >= 4 is 70.6 Å². The molecule has 0 amide bonds. The second kappa shape index (κ2) is 13.9. The third-order valence-electron chi connectivity index (χ3n) is 4.46. The number of thioether (sulfide) groups is 1. The zero-order chi connectivity index (χ0) is 24.8. The van der Waals surface area contributed by atoms with Crippen LogP contribution in [0.2, 0.25) is 15.2 Å². The van der Waals surface area contributed by atoms with Crippen molar-refractivity contribution in [2.45, 2.75) is 56.8 Å². The van der Waals surface area contributed by atoms with Gasteiger partial charge < -0.3 is 22.3 Å². The fourth-order valence-corrected chi connectivity index (χ4v) is 3.99. The van der Waals surface area contributed by atoms with E-state index >= 15 is 0 Å². The van der Waals surface area contributed by atoms with Crippen molar-refractivity contribution in [3.05, 3.63) is 50.9 Å². The van der Waals surface area contributed by atoms with E-state index in [-0.39, 0.29) is 40.8 Å². The molecule has 2 aromatic heterocycles. The molecular weight excluding hydrogens is 546 g/mol. The van der Waals surface area contributed by atoms with E-state index < -0.39 is 0 Å². The van der Waals surface area contributed by atoms with Crippen LogP contribution in [0.1, 0.15) is 51.7 Å². The first kappa shape index (κ1) is 31.8. The molecule has 0 N–H and O–H groups in total. The molecule has 0 bridgehead atoms. The summed E-state index contributed by atoms with van der Waals surface area (Å²) in [7, 11) is 0. The number of halogens is 3. The molecule has 2 aliphatic heterocycles. The maximum atomic E-state index is 6.10. The van der Waals surface area contributed by atoms with Crippen molar-refractivity contribution in [2.75, 3.05) is 12.5 Å². The van der Waals surface area contributed by atoms with Gasteiger partial charge >= 0.3 is 29.6 Å². The van der Waals surface area contributed by atoms with Crippen LogP contribution in [0.3, 0.4) is 0 Å². The van der Waals surface area contributed by atoms with Crippen LogP contribution in [-0.4, -0.2) is 45.1 Å². The molecular formula is C22H26Cl3N4NaO2S2. The van der Waals surface area contributed by atoms with Crippen LogP contribution >= 0.6 is 46.6 Å². The van der Waals surface area contributed by atoms with E-state index in [1.54, 1.807) is 24.7 Å². The summed E-state index contributed by atoms with van der Waals surface area (Å²) in [6, 6.07) is 3.64. The first-order valence-electron chi connectivity index (χ1n) is 9.92. The Bertz CT molecular complexity index is 1050. The summed E-state index contributed by atoms with van der Waals surface area (Å²) in [5.74, 6) is 0. The molecule has 2 aromatic rings. The Balaban J connectivity index is 0.000000309. The number of rotatable bonds is 3. The van der Waals surface area contributed by atoms with Crippen molar-refractivity contribution in [1.29, 1.82) is 0 Å². The number of nitrogens with zero attached hydrogens (tertiary/aromatic N) is 4. The molecule has 0 fully saturated rings. The molecule has 0 aromatic carbocycles. The minimum Gasteiger partial charge on any atom is -0.796 e. The van der Waals surface area contributed by atoms with E-state index in [2.05, 4.69) is 32.9 Å². The molecule has 0 radical (unpaired) electrons. The quantitative estimate of drug-likeness (QED) is 0.242. The number of aromatic nitrogens is 2. The van der Waals surface area contributed by atoms with E-state index in [1.165, 1.54) is 11.8 Å². The van der Waals surface area contributed by atoms with Crippen molar-refractivity contribution in [2.24, 2.45) is 10.3 Å². The molecule has 0 saturated heterocycles. The topological polar surface area (TPSA) is 69.0 Å². The zero-order valence-electron chi connectivity index (χ0n) is 20.3. The zero-order valence-corrected chi connectivity index (χ0v) is 26.2. The van der Waals surface area contributed by atoms with Gasteiger partial charge in [0.2, 0.25) is 0 Å². The van der Waals surface area contributed by atoms with Gasteiger partial charge in [0.15, 0.2) is 0 Å². The summed E-state index contributed by atoms with van der Waals surface area (Å²) in [5, 5.41) is 10.3. The largest absolute Gasteiger partial charge is 1.00 e. The summed E-state index contributed by atoms with van der Waals surface area (Å²) in [5.41, 5.74) is 3.09. The van der Waals surface area contributed by atoms with Crippen LogP contribution in [0.5, 0.6) is 0 Å². The predicted octanol–water partition coefficient (Wildman–Crippen LogP) is 3.82. The molecule has 4 rings (SSSR count). The maximum Gasteiger partial charge on any atom is 1.00 e. The van der Waals surface area contributed by atoms with Crippen LogP contribution in [-0.2, 0) is 22.3 Å². The third-order valence-corrected chi connectivity index (χ3v) is 6.25. The fourth-order valence-electron chi connectivity index (χ4n) is 2.91. The first-order valence-corrected chi connectivity index (χ1v) is 13.1. The number of hydrogen-bond donors (Lipinski definition) is 0. The number of hydrogen-bond acceptors (Lipinski definition) is 8. The van der Waals surface area contributed by atoms with Gasteiger partial charge in [0.05, 0.1) is 21.5 Å². The Morgan fingerprint density at radius 3 is 1.62 bits per heavy atom. The van der Waals surface area contributed by atoms with Gasteiger partial charge in [-0.05, 0) is 46.1 Å². The van der Waals surface area contributed by atoms with Crippen LogP contribution in [0, 0.1) is 0 Å². The summed E-state index contributed by atoms with van der Waals surface area (Å²) >= 11 is 23.3. The smallest absolute Gasteiger partial charge is 0.796 e. The molecule has 180 valence electrons. The Morgan fingerprint density at radius 2 is 1.26 bits per heavy atom. The monoisotopic (exact) mass is 570 g/mol. The van der Waals surface area contributed by atoms with Crippen LogP contribution in [0.4, 0.5) is 0 Å². The maximum absolute atomic E-state index is 6.10. The second-order valence-corrected chi connectivity index (χ2v) is 10.3. The second-order valence-electron chi connectivity index (χ2n) is 8.34. The standard InChI is InChI=1S/C11H13ClN2OS.C10H10Cl2N2O.CH4S.Na/c1-11(2)5-9(14-15-11)7-4-8(12)10(16-3)13-6-7;1-10(2)4-8(14-15-10)6-3-7(11)9(12)13-5-6;1-2;/h4,6H,5H2,1-3H3;3,5H,4H2,1-2H3;2H,1H3;/q;;;+1/p-1. The Hall–Kier alpha value is -0.190. The predicted molar refractivity (Wildman–Crippen MR) is 141 cm³/mol. The molecule has 34 heavy (non-hydrogen) atoms. The van der Waals surface area contributed by atoms with Gasteiger partial charge in [-0.2, -0.15) is 6.26 Å². The number of pyridine rings is 2. The molecule has 12 heteroatoms. The van der Waals surface area contributed by atoms with Crippen molar-refractivity contribution in [1.82, 2.24) is 9.97 Å². The summed E-state index contributed by atoms with van der Waals surface area (Å²) < 4.78 is 0. The first-order chi connectivity index (χ1) is 15.5. The normalized spacial score (nSPS) is 16.9. The van der Waals surface area contributed by atoms with Crippen molar-refractivity contribution in [3.8, 4) is 0 Å². The molecule has 6 nitrogen and oxygen atoms in total. The van der Waals surface area contributed by atoms with Crippen LogP contribution < -0.4 is 29.6 Å². The van der Waals surface area contributed by atoms with Crippen LogP contribution in [0.15, 0.2) is 39.9 Å². The molecule has 0 aliphatic carbocycles. The molecule has 0 unspecified atom stereocenters. The summed E-state index contributed by atoms with van der Waals surface area (Å²) in [6.45, 7) is 7.98. The Kier molecular flexibility index (Phi) is 13.0. The van der Waals surface area contributed by atoms with Crippen LogP contribution in [0.25, 0.3) is 0 Å². The summed E-state index contributed by atoms with van der Waals surface area (Å²) in [4.78, 5) is 18.8. The molecule has 0 spiro atoms. The Morgan fingerprint density at radius 1 is 0.824 bits per heavy atom. The minimum absolute atomic E-state index is 0. The molecule has 4 heterocycles. The van der Waals surface area contributed by atoms with E-state index in [1.807, 2.05) is 40.0 Å². The number of oxime groups is 2. The average molecular weight is 572 g/mol. The minimum atomic E-state index is -0.249. The van der Waals surface area contributed by atoms with Gasteiger partial charge in [0.25, 0.3) is 0 Å². The molecule has 0 saturated carbocycles. The average Bonchev–Trinajstić information content (AvgIpc) is 3.33. The Labute approximate surface area is 248 Å². The van der Waals surface area contributed by atoms with Gasteiger partial charge in [0.1, 0.15) is 21.4 Å². The molecule has 2 aliphatic rings. The van der Waals surface area contributed by atoms with E-state index in [4.69, 9.17) is 44.5 Å². The summed E-state index contributed by atoms with van der Waals surface area (Å²) in [6.07, 6.45) is 8.50.